The number of benzene rings is 1. The molecular formula is C17H19NO3S. The van der Waals surface area contributed by atoms with Crippen molar-refractivity contribution in [2.75, 3.05) is 0 Å². The summed E-state index contributed by atoms with van der Waals surface area (Å²) in [6.07, 6.45) is 1.88. The fourth-order valence-corrected chi connectivity index (χ4v) is 3.14. The molecule has 0 fully saturated rings. The van der Waals surface area contributed by atoms with E-state index < -0.39 is 12.0 Å². The first-order valence-electron chi connectivity index (χ1n) is 7.18. The number of aryl methyl sites for hydroxylation is 2. The van der Waals surface area contributed by atoms with E-state index in [2.05, 4.69) is 24.4 Å². The minimum absolute atomic E-state index is 0.232. The van der Waals surface area contributed by atoms with Gasteiger partial charge >= 0.3 is 5.97 Å². The SMILES string of the molecule is Cc1ccc(CCCC(=O)N[C@H](C(=O)O)c2ccccc2)s1. The van der Waals surface area contributed by atoms with Crippen LogP contribution in [0.3, 0.4) is 0 Å². The number of carbonyl (C=O) groups excluding carboxylic acids is 1. The molecule has 2 N–H and O–H groups in total. The number of carboxylic acid groups (broad SMARTS) is 1. The van der Waals surface area contributed by atoms with Gasteiger partial charge in [-0.2, -0.15) is 0 Å². The number of carbonyl (C=O) groups is 2. The summed E-state index contributed by atoms with van der Waals surface area (Å²) in [5, 5.41) is 11.9. The maximum Gasteiger partial charge on any atom is 0.330 e. The molecule has 1 aromatic heterocycles. The summed E-state index contributed by atoms with van der Waals surface area (Å²) in [5.41, 5.74) is 0.581. The van der Waals surface area contributed by atoms with Crippen LogP contribution >= 0.6 is 11.3 Å². The van der Waals surface area contributed by atoms with Crippen molar-refractivity contribution in [2.24, 2.45) is 0 Å². The molecule has 1 heterocycles. The molecule has 2 aromatic rings. The van der Waals surface area contributed by atoms with Gasteiger partial charge in [0.1, 0.15) is 0 Å². The van der Waals surface area contributed by atoms with Crippen LogP contribution in [-0.4, -0.2) is 17.0 Å². The van der Waals surface area contributed by atoms with Crippen LogP contribution in [0.5, 0.6) is 0 Å². The summed E-state index contributed by atoms with van der Waals surface area (Å²) in [7, 11) is 0. The summed E-state index contributed by atoms with van der Waals surface area (Å²) >= 11 is 1.73. The molecule has 0 bridgehead atoms. The van der Waals surface area contributed by atoms with Crippen LogP contribution in [0.4, 0.5) is 0 Å². The van der Waals surface area contributed by atoms with Gasteiger partial charge in [0.05, 0.1) is 0 Å². The van der Waals surface area contributed by atoms with Crippen LogP contribution < -0.4 is 5.32 Å². The summed E-state index contributed by atoms with van der Waals surface area (Å²) in [6, 6.07) is 11.9. The second-order valence-electron chi connectivity index (χ2n) is 5.12. The lowest BCUT2D eigenvalue weighted by Gasteiger charge is -2.14. The number of carboxylic acids is 1. The highest BCUT2D eigenvalue weighted by Crippen LogP contribution is 2.18. The number of hydrogen-bond donors (Lipinski definition) is 2. The van der Waals surface area contributed by atoms with Crippen LogP contribution in [0.2, 0.25) is 0 Å². The van der Waals surface area contributed by atoms with Crippen LogP contribution in [0, 0.1) is 6.92 Å². The zero-order chi connectivity index (χ0) is 15.9. The number of thiophene rings is 1. The molecule has 0 saturated carbocycles. The maximum absolute atomic E-state index is 12.0. The second-order valence-corrected chi connectivity index (χ2v) is 6.49. The Morgan fingerprint density at radius 1 is 1.18 bits per heavy atom. The van der Waals surface area contributed by atoms with E-state index in [0.717, 1.165) is 6.42 Å². The highest BCUT2D eigenvalue weighted by atomic mass is 32.1. The molecule has 0 aliphatic rings. The minimum atomic E-state index is -1.05. The Bertz CT molecular complexity index is 636. The van der Waals surface area contributed by atoms with E-state index in [0.29, 0.717) is 18.4 Å². The maximum atomic E-state index is 12.0. The molecule has 0 radical (unpaired) electrons. The Morgan fingerprint density at radius 2 is 1.91 bits per heavy atom. The number of rotatable bonds is 7. The summed E-state index contributed by atoms with van der Waals surface area (Å²) < 4.78 is 0. The Balaban J connectivity index is 1.85. The summed E-state index contributed by atoms with van der Waals surface area (Å²) in [5.74, 6) is -1.28. The molecule has 1 amide bonds. The van der Waals surface area contributed by atoms with Gasteiger partial charge in [0.2, 0.25) is 5.91 Å². The van der Waals surface area contributed by atoms with E-state index in [1.807, 2.05) is 6.07 Å². The van der Waals surface area contributed by atoms with E-state index in [1.165, 1.54) is 9.75 Å². The average molecular weight is 317 g/mol. The minimum Gasteiger partial charge on any atom is -0.479 e. The fourth-order valence-electron chi connectivity index (χ4n) is 2.21. The zero-order valence-corrected chi connectivity index (χ0v) is 13.2. The molecule has 22 heavy (non-hydrogen) atoms. The predicted octanol–water partition coefficient (Wildman–Crippen LogP) is 3.32. The molecule has 2 rings (SSSR count). The lowest BCUT2D eigenvalue weighted by molar-refractivity contribution is -0.142. The van der Waals surface area contributed by atoms with Gasteiger partial charge in [-0.25, -0.2) is 4.79 Å². The molecule has 1 atom stereocenters. The highest BCUT2D eigenvalue weighted by molar-refractivity contribution is 7.11. The monoisotopic (exact) mass is 317 g/mol. The van der Waals surface area contributed by atoms with Gasteiger partial charge < -0.3 is 10.4 Å². The summed E-state index contributed by atoms with van der Waals surface area (Å²) in [4.78, 5) is 25.8. The van der Waals surface area contributed by atoms with Crippen LogP contribution in [0.15, 0.2) is 42.5 Å². The molecule has 1 aromatic carbocycles. The zero-order valence-electron chi connectivity index (χ0n) is 12.4. The van der Waals surface area contributed by atoms with Crippen molar-refractivity contribution in [3.05, 3.63) is 57.8 Å². The molecule has 0 saturated heterocycles. The summed E-state index contributed by atoms with van der Waals surface area (Å²) in [6.45, 7) is 2.05. The first-order chi connectivity index (χ1) is 10.6. The average Bonchev–Trinajstić information content (AvgIpc) is 2.91. The van der Waals surface area contributed by atoms with Gasteiger partial charge in [0.15, 0.2) is 6.04 Å². The van der Waals surface area contributed by atoms with E-state index in [4.69, 9.17) is 0 Å². The van der Waals surface area contributed by atoms with Gasteiger partial charge in [-0.15, -0.1) is 11.3 Å². The predicted molar refractivity (Wildman–Crippen MR) is 87.0 cm³/mol. The van der Waals surface area contributed by atoms with Crippen molar-refractivity contribution in [1.29, 1.82) is 0 Å². The number of amides is 1. The van der Waals surface area contributed by atoms with Crippen LogP contribution in [0.1, 0.15) is 34.2 Å². The fraction of sp³-hybridized carbons (Fsp3) is 0.294. The van der Waals surface area contributed by atoms with Crippen molar-refractivity contribution in [1.82, 2.24) is 5.32 Å². The Labute approximate surface area is 133 Å². The van der Waals surface area contributed by atoms with Crippen LogP contribution in [0.25, 0.3) is 0 Å². The Hall–Kier alpha value is -2.14. The van der Waals surface area contributed by atoms with Crippen molar-refractivity contribution in [2.45, 2.75) is 32.2 Å². The Morgan fingerprint density at radius 3 is 2.50 bits per heavy atom. The second kappa shape index (κ2) is 7.75. The van der Waals surface area contributed by atoms with Gasteiger partial charge in [-0.05, 0) is 37.5 Å². The quantitative estimate of drug-likeness (QED) is 0.823. The van der Waals surface area contributed by atoms with Crippen LogP contribution in [-0.2, 0) is 16.0 Å². The topological polar surface area (TPSA) is 66.4 Å². The first-order valence-corrected chi connectivity index (χ1v) is 8.00. The molecule has 116 valence electrons. The van der Waals surface area contributed by atoms with Gasteiger partial charge in [-0.3, -0.25) is 4.79 Å². The molecule has 5 heteroatoms. The molecule has 4 nitrogen and oxygen atoms in total. The van der Waals surface area contributed by atoms with E-state index in [1.54, 1.807) is 35.6 Å². The molecule has 0 spiro atoms. The third-order valence-corrected chi connectivity index (χ3v) is 4.37. The number of aliphatic carboxylic acids is 1. The third kappa shape index (κ3) is 4.70. The van der Waals surface area contributed by atoms with Crippen molar-refractivity contribution in [3.8, 4) is 0 Å². The van der Waals surface area contributed by atoms with E-state index in [-0.39, 0.29) is 5.91 Å². The van der Waals surface area contributed by atoms with Crippen molar-refractivity contribution in [3.63, 3.8) is 0 Å². The molecular weight excluding hydrogens is 298 g/mol. The Kier molecular flexibility index (Phi) is 5.72. The first kappa shape index (κ1) is 16.2. The standard InChI is InChI=1S/C17H19NO3S/c1-12-10-11-14(22-12)8-5-9-15(19)18-16(17(20)21)13-6-3-2-4-7-13/h2-4,6-7,10-11,16H,5,8-9H2,1H3,(H,18,19)(H,20,21)/t16-/m0/s1. The normalized spacial score (nSPS) is 11.9. The van der Waals surface area contributed by atoms with E-state index in [9.17, 15) is 14.7 Å². The smallest absolute Gasteiger partial charge is 0.330 e. The molecule has 0 aliphatic heterocycles. The lowest BCUT2D eigenvalue weighted by Crippen LogP contribution is -2.33. The molecule has 0 aliphatic carbocycles. The van der Waals surface area contributed by atoms with Crippen molar-refractivity contribution < 1.29 is 14.7 Å². The highest BCUT2D eigenvalue weighted by Gasteiger charge is 2.21. The largest absolute Gasteiger partial charge is 0.479 e. The number of nitrogens with one attached hydrogen (secondary N) is 1. The third-order valence-electron chi connectivity index (χ3n) is 3.31. The van der Waals surface area contributed by atoms with Crippen molar-refractivity contribution >= 4 is 23.2 Å². The van der Waals surface area contributed by atoms with Gasteiger partial charge in [-0.1, -0.05) is 30.3 Å². The lowest BCUT2D eigenvalue weighted by atomic mass is 10.1. The molecule has 0 unspecified atom stereocenters. The number of hydrogen-bond acceptors (Lipinski definition) is 3. The van der Waals surface area contributed by atoms with Gasteiger partial charge in [0.25, 0.3) is 0 Å². The van der Waals surface area contributed by atoms with E-state index >= 15 is 0 Å². The van der Waals surface area contributed by atoms with Gasteiger partial charge in [0, 0.05) is 16.2 Å².